The van der Waals surface area contributed by atoms with E-state index in [9.17, 15) is 4.79 Å². The first-order valence-corrected chi connectivity index (χ1v) is 7.11. The van der Waals surface area contributed by atoms with Crippen LogP contribution in [-0.2, 0) is 0 Å². The Labute approximate surface area is 116 Å². The second-order valence-electron chi connectivity index (χ2n) is 3.70. The Balaban J connectivity index is 2.21. The predicted molar refractivity (Wildman–Crippen MR) is 79.9 cm³/mol. The van der Waals surface area contributed by atoms with Crippen LogP contribution in [0.1, 0.15) is 10.4 Å². The molecule has 0 spiro atoms. The molecule has 1 amide bonds. The second kappa shape index (κ2) is 5.98. The summed E-state index contributed by atoms with van der Waals surface area (Å²) in [5.74, 6) is -0.118. The van der Waals surface area contributed by atoms with E-state index in [1.165, 1.54) is 0 Å². The number of para-hydroxylation sites is 1. The van der Waals surface area contributed by atoms with Crippen molar-refractivity contribution in [3.05, 3.63) is 54.1 Å². The van der Waals surface area contributed by atoms with E-state index < -0.39 is 0 Å². The van der Waals surface area contributed by atoms with Crippen LogP contribution < -0.4 is 5.32 Å². The Morgan fingerprint density at radius 1 is 1.17 bits per heavy atom. The van der Waals surface area contributed by atoms with E-state index in [2.05, 4.69) is 17.9 Å². The molecule has 0 aliphatic heterocycles. The third-order valence-electron chi connectivity index (χ3n) is 2.46. The van der Waals surface area contributed by atoms with E-state index in [4.69, 9.17) is 0 Å². The summed E-state index contributed by atoms with van der Waals surface area (Å²) in [5, 5.41) is 2.91. The molecule has 1 N–H and O–H groups in total. The summed E-state index contributed by atoms with van der Waals surface area (Å²) >= 11 is 5.84. The lowest BCUT2D eigenvalue weighted by molar-refractivity contribution is 0.102. The van der Waals surface area contributed by atoms with E-state index in [0.717, 1.165) is 15.5 Å². The molecular formula is C14H13NOS2. The normalized spacial score (nSPS) is 10.1. The molecule has 0 fully saturated rings. The predicted octanol–water partition coefficient (Wildman–Crippen LogP) is 3.95. The molecule has 18 heavy (non-hydrogen) atoms. The van der Waals surface area contributed by atoms with E-state index in [0.29, 0.717) is 5.56 Å². The third-order valence-corrected chi connectivity index (χ3v) is 3.54. The Morgan fingerprint density at radius 2 is 1.94 bits per heavy atom. The fourth-order valence-corrected chi connectivity index (χ4v) is 2.37. The summed E-state index contributed by atoms with van der Waals surface area (Å²) in [6, 6.07) is 14.9. The van der Waals surface area contributed by atoms with Crippen LogP contribution in [0.15, 0.2) is 58.3 Å². The summed E-state index contributed by atoms with van der Waals surface area (Å²) < 4.78 is 0. The average molecular weight is 275 g/mol. The van der Waals surface area contributed by atoms with Crippen LogP contribution in [0.4, 0.5) is 5.69 Å². The van der Waals surface area contributed by atoms with Crippen LogP contribution in [0.25, 0.3) is 0 Å². The number of amides is 1. The number of hydrogen-bond acceptors (Lipinski definition) is 3. The van der Waals surface area contributed by atoms with Gasteiger partial charge >= 0.3 is 0 Å². The van der Waals surface area contributed by atoms with Gasteiger partial charge in [0.15, 0.2) is 0 Å². The molecule has 0 bridgehead atoms. The smallest absolute Gasteiger partial charge is 0.255 e. The highest BCUT2D eigenvalue weighted by Crippen LogP contribution is 2.25. The van der Waals surface area contributed by atoms with Gasteiger partial charge in [-0.05, 0) is 36.6 Å². The monoisotopic (exact) mass is 275 g/mol. The van der Waals surface area contributed by atoms with Crippen molar-refractivity contribution in [1.29, 1.82) is 0 Å². The van der Waals surface area contributed by atoms with Gasteiger partial charge in [-0.25, -0.2) is 0 Å². The van der Waals surface area contributed by atoms with Gasteiger partial charge in [0.2, 0.25) is 0 Å². The maximum absolute atomic E-state index is 12.1. The van der Waals surface area contributed by atoms with Gasteiger partial charge in [-0.15, -0.1) is 24.4 Å². The first-order chi connectivity index (χ1) is 8.70. The van der Waals surface area contributed by atoms with E-state index in [-0.39, 0.29) is 5.91 Å². The lowest BCUT2D eigenvalue weighted by Gasteiger charge is -2.09. The molecule has 2 nitrogen and oxygen atoms in total. The number of carbonyl (C=O) groups is 1. The molecule has 2 rings (SSSR count). The van der Waals surface area contributed by atoms with Crippen LogP contribution >= 0.6 is 24.4 Å². The first-order valence-electron chi connectivity index (χ1n) is 5.44. The summed E-state index contributed by atoms with van der Waals surface area (Å²) in [6.07, 6.45) is 1.99. The van der Waals surface area contributed by atoms with Gasteiger partial charge in [0, 0.05) is 15.4 Å². The Bertz CT molecular complexity index is 569. The molecule has 0 heterocycles. The molecule has 0 aliphatic carbocycles. The molecular weight excluding hydrogens is 262 g/mol. The van der Waals surface area contributed by atoms with Gasteiger partial charge in [-0.3, -0.25) is 4.79 Å². The van der Waals surface area contributed by atoms with Gasteiger partial charge < -0.3 is 5.32 Å². The summed E-state index contributed by atoms with van der Waals surface area (Å²) in [4.78, 5) is 13.9. The quantitative estimate of drug-likeness (QED) is 0.656. The standard InChI is InChI=1S/C14H13NOS2/c1-18-13-8-3-2-7-12(13)15-14(16)10-5-4-6-11(17)9-10/h2-9,17H,1H3,(H,15,16). The van der Waals surface area contributed by atoms with Crippen LogP contribution in [0.5, 0.6) is 0 Å². The zero-order valence-electron chi connectivity index (χ0n) is 9.88. The lowest BCUT2D eigenvalue weighted by Crippen LogP contribution is -2.12. The zero-order chi connectivity index (χ0) is 13.0. The highest BCUT2D eigenvalue weighted by atomic mass is 32.2. The number of hydrogen-bond donors (Lipinski definition) is 2. The van der Waals surface area contributed by atoms with Gasteiger partial charge in [0.05, 0.1) is 5.69 Å². The van der Waals surface area contributed by atoms with Crippen molar-refractivity contribution in [2.24, 2.45) is 0 Å². The van der Waals surface area contributed by atoms with Crippen LogP contribution in [-0.4, -0.2) is 12.2 Å². The number of benzene rings is 2. The highest BCUT2D eigenvalue weighted by molar-refractivity contribution is 7.98. The molecule has 2 aromatic rings. The minimum absolute atomic E-state index is 0.118. The maximum Gasteiger partial charge on any atom is 0.255 e. The largest absolute Gasteiger partial charge is 0.321 e. The topological polar surface area (TPSA) is 29.1 Å². The molecule has 0 radical (unpaired) electrons. The maximum atomic E-state index is 12.1. The van der Waals surface area contributed by atoms with E-state index in [1.54, 1.807) is 23.9 Å². The van der Waals surface area contributed by atoms with Gasteiger partial charge in [0.1, 0.15) is 0 Å². The van der Waals surface area contributed by atoms with E-state index in [1.807, 2.05) is 42.7 Å². The Hall–Kier alpha value is -1.39. The summed E-state index contributed by atoms with van der Waals surface area (Å²) in [7, 11) is 0. The Kier molecular flexibility index (Phi) is 4.33. The average Bonchev–Trinajstić information content (AvgIpc) is 2.39. The molecule has 0 atom stereocenters. The third kappa shape index (κ3) is 3.09. The van der Waals surface area contributed by atoms with Crippen molar-refractivity contribution in [2.75, 3.05) is 11.6 Å². The summed E-state index contributed by atoms with van der Waals surface area (Å²) in [6.45, 7) is 0. The van der Waals surface area contributed by atoms with Crippen molar-refractivity contribution >= 4 is 36.0 Å². The molecule has 0 saturated heterocycles. The Morgan fingerprint density at radius 3 is 2.67 bits per heavy atom. The van der Waals surface area contributed by atoms with Crippen LogP contribution in [0, 0.1) is 0 Å². The summed E-state index contributed by atoms with van der Waals surface area (Å²) in [5.41, 5.74) is 1.44. The van der Waals surface area contributed by atoms with Crippen molar-refractivity contribution < 1.29 is 4.79 Å². The first kappa shape index (κ1) is 13.1. The molecule has 92 valence electrons. The SMILES string of the molecule is CSc1ccccc1NC(=O)c1cccc(S)c1. The van der Waals surface area contributed by atoms with Crippen molar-refractivity contribution in [1.82, 2.24) is 0 Å². The highest BCUT2D eigenvalue weighted by Gasteiger charge is 2.08. The van der Waals surface area contributed by atoms with Crippen molar-refractivity contribution in [3.63, 3.8) is 0 Å². The molecule has 0 aromatic heterocycles. The zero-order valence-corrected chi connectivity index (χ0v) is 11.6. The number of thioether (sulfide) groups is 1. The van der Waals surface area contributed by atoms with Crippen LogP contribution in [0.3, 0.4) is 0 Å². The van der Waals surface area contributed by atoms with Crippen molar-refractivity contribution in [3.8, 4) is 0 Å². The molecule has 0 saturated carbocycles. The molecule has 0 aliphatic rings. The minimum Gasteiger partial charge on any atom is -0.321 e. The van der Waals surface area contributed by atoms with Gasteiger partial charge in [0.25, 0.3) is 5.91 Å². The fraction of sp³-hybridized carbons (Fsp3) is 0.0714. The van der Waals surface area contributed by atoms with Crippen molar-refractivity contribution in [2.45, 2.75) is 9.79 Å². The fourth-order valence-electron chi connectivity index (χ4n) is 1.59. The number of nitrogens with one attached hydrogen (secondary N) is 1. The number of carbonyl (C=O) groups excluding carboxylic acids is 1. The van der Waals surface area contributed by atoms with Gasteiger partial charge in [-0.2, -0.15) is 0 Å². The number of thiol groups is 1. The van der Waals surface area contributed by atoms with Crippen LogP contribution in [0.2, 0.25) is 0 Å². The molecule has 0 unspecified atom stereocenters. The molecule has 4 heteroatoms. The van der Waals surface area contributed by atoms with Gasteiger partial charge in [-0.1, -0.05) is 18.2 Å². The second-order valence-corrected chi connectivity index (χ2v) is 5.07. The van der Waals surface area contributed by atoms with E-state index >= 15 is 0 Å². The minimum atomic E-state index is -0.118. The number of rotatable bonds is 3. The number of anilines is 1. The lowest BCUT2D eigenvalue weighted by atomic mass is 10.2. The molecule has 2 aromatic carbocycles.